The number of fused-ring (bicyclic) bond motifs is 1. The van der Waals surface area contributed by atoms with Crippen LogP contribution in [0.5, 0.6) is 5.75 Å². The molecular weight excluding hydrogens is 476 g/mol. The van der Waals surface area contributed by atoms with Crippen molar-refractivity contribution in [1.82, 2.24) is 25.6 Å². The second-order valence-electron chi connectivity index (χ2n) is 6.82. The van der Waals surface area contributed by atoms with Crippen molar-refractivity contribution >= 4 is 41.3 Å². The average molecular weight is 499 g/mol. The standard InChI is InChI=1S/C18H18N6O5S2.2H2O/c19-12(8-1-3-10(25)4-2-8)15(26)21-13-16(27)24-14(18(28)29)9(7-31-17(13)24)6-30-11-5-20-23-22-11;;/h1-5,12-13,17,25H,6-7,19H2,(H,21,26)(H,28,29)(H,20,22,23);2*1H2/t12?,13?,17-;;/m1../s1. The predicted molar refractivity (Wildman–Crippen MR) is 119 cm³/mol. The van der Waals surface area contributed by atoms with Crippen LogP contribution in [0, 0.1) is 0 Å². The van der Waals surface area contributed by atoms with E-state index in [1.54, 1.807) is 0 Å². The highest BCUT2D eigenvalue weighted by molar-refractivity contribution is 8.01. The summed E-state index contributed by atoms with van der Waals surface area (Å²) in [6, 6.07) is 3.98. The molecule has 13 nitrogen and oxygen atoms in total. The van der Waals surface area contributed by atoms with Crippen molar-refractivity contribution in [2.75, 3.05) is 11.5 Å². The first-order chi connectivity index (χ1) is 14.9. The number of β-lactam (4-membered cyclic amide) rings is 1. The first kappa shape index (κ1) is 26.1. The van der Waals surface area contributed by atoms with Gasteiger partial charge in [0, 0.05) is 11.5 Å². The van der Waals surface area contributed by atoms with Crippen LogP contribution in [0.1, 0.15) is 11.6 Å². The van der Waals surface area contributed by atoms with Crippen LogP contribution < -0.4 is 11.1 Å². The highest BCUT2D eigenvalue weighted by atomic mass is 32.2. The quantitative estimate of drug-likeness (QED) is 0.216. The molecule has 2 aliphatic rings. The molecule has 3 atom stereocenters. The molecule has 1 fully saturated rings. The smallest absolute Gasteiger partial charge is 0.352 e. The number of amides is 2. The maximum Gasteiger partial charge on any atom is 0.352 e. The number of benzene rings is 1. The molecule has 15 heteroatoms. The third-order valence-corrected chi connectivity index (χ3v) is 7.19. The summed E-state index contributed by atoms with van der Waals surface area (Å²) in [5.41, 5.74) is 6.99. The van der Waals surface area contributed by atoms with Gasteiger partial charge < -0.3 is 32.2 Å². The molecule has 0 spiro atoms. The number of phenolic OH excluding ortho intramolecular Hbond substituents is 1. The van der Waals surface area contributed by atoms with Crippen LogP contribution >= 0.6 is 23.5 Å². The van der Waals surface area contributed by atoms with Gasteiger partial charge in [0.1, 0.15) is 33.9 Å². The number of thioether (sulfide) groups is 2. The van der Waals surface area contributed by atoms with Crippen molar-refractivity contribution in [3.8, 4) is 5.75 Å². The van der Waals surface area contributed by atoms with Crippen molar-refractivity contribution in [1.29, 1.82) is 0 Å². The Morgan fingerprint density at radius 3 is 2.64 bits per heavy atom. The third-order valence-electron chi connectivity index (χ3n) is 4.87. The molecule has 1 aromatic carbocycles. The number of hydrogen-bond donors (Lipinski definition) is 5. The molecule has 1 aromatic heterocycles. The Bertz CT molecular complexity index is 1050. The molecule has 1 saturated heterocycles. The van der Waals surface area contributed by atoms with Crippen LogP contribution in [0.4, 0.5) is 0 Å². The number of aromatic amines is 1. The average Bonchev–Trinajstić information content (AvgIpc) is 3.28. The number of hydrogen-bond acceptors (Lipinski definition) is 9. The van der Waals surface area contributed by atoms with E-state index in [9.17, 15) is 24.6 Å². The van der Waals surface area contributed by atoms with Gasteiger partial charge in [-0.25, -0.2) is 4.79 Å². The molecule has 178 valence electrons. The first-order valence-corrected chi connectivity index (χ1v) is 11.1. The molecule has 2 amide bonds. The molecule has 2 aliphatic heterocycles. The molecule has 2 aromatic rings. The Balaban J connectivity index is 0.00000193. The molecule has 0 saturated carbocycles. The lowest BCUT2D eigenvalue weighted by atomic mass is 10.0. The Morgan fingerprint density at radius 1 is 1.33 bits per heavy atom. The number of aromatic hydroxyl groups is 1. The predicted octanol–water partition coefficient (Wildman–Crippen LogP) is -1.61. The van der Waals surface area contributed by atoms with Gasteiger partial charge in [-0.1, -0.05) is 23.9 Å². The van der Waals surface area contributed by atoms with Gasteiger partial charge in [0.15, 0.2) is 0 Å². The summed E-state index contributed by atoms with van der Waals surface area (Å²) in [4.78, 5) is 38.4. The van der Waals surface area contributed by atoms with E-state index in [0.717, 1.165) is 0 Å². The van der Waals surface area contributed by atoms with Gasteiger partial charge >= 0.3 is 5.97 Å². The highest BCUT2D eigenvalue weighted by Crippen LogP contribution is 2.41. The number of carbonyl (C=O) groups excluding carboxylic acids is 2. The topological polar surface area (TPSA) is 238 Å². The minimum absolute atomic E-state index is 0. The lowest BCUT2D eigenvalue weighted by Gasteiger charge is -2.49. The highest BCUT2D eigenvalue weighted by Gasteiger charge is 2.54. The van der Waals surface area contributed by atoms with Crippen LogP contribution in [0.2, 0.25) is 0 Å². The molecule has 2 unspecified atom stereocenters. The van der Waals surface area contributed by atoms with E-state index >= 15 is 0 Å². The summed E-state index contributed by atoms with van der Waals surface area (Å²) in [5.74, 6) is -1.45. The summed E-state index contributed by atoms with van der Waals surface area (Å²) in [6.45, 7) is 0. The Labute approximate surface area is 195 Å². The second-order valence-corrected chi connectivity index (χ2v) is 8.92. The van der Waals surface area contributed by atoms with E-state index in [1.807, 2.05) is 0 Å². The molecule has 0 aliphatic carbocycles. The summed E-state index contributed by atoms with van der Waals surface area (Å²) < 4.78 is 0. The number of carboxylic acids is 1. The number of aliphatic carboxylic acids is 1. The zero-order chi connectivity index (χ0) is 22.1. The van der Waals surface area contributed by atoms with E-state index in [0.29, 0.717) is 27.7 Å². The van der Waals surface area contributed by atoms with Crippen molar-refractivity contribution in [3.05, 3.63) is 47.3 Å². The largest absolute Gasteiger partial charge is 0.508 e. The summed E-state index contributed by atoms with van der Waals surface area (Å²) in [5, 5.41) is 31.9. The number of aromatic nitrogens is 3. The normalized spacial score (nSPS) is 20.0. The van der Waals surface area contributed by atoms with E-state index in [-0.39, 0.29) is 22.4 Å². The zero-order valence-corrected chi connectivity index (χ0v) is 18.5. The van der Waals surface area contributed by atoms with Gasteiger partial charge in [-0.2, -0.15) is 10.3 Å². The fraction of sp³-hybridized carbons (Fsp3) is 0.278. The number of nitrogens with one attached hydrogen (secondary N) is 2. The Morgan fingerprint density at radius 2 is 2.03 bits per heavy atom. The van der Waals surface area contributed by atoms with Gasteiger partial charge in [-0.05, 0) is 23.3 Å². The summed E-state index contributed by atoms with van der Waals surface area (Å²) in [6.07, 6.45) is 1.53. The number of H-pyrrole nitrogens is 1. The second kappa shape index (κ2) is 10.7. The molecule has 0 bridgehead atoms. The SMILES string of the molecule is NC(C(=O)NC1C(=O)N2C(C(=O)O)=C(CSc3cn[nH]n3)CS[C@H]12)c1ccc(O)cc1.O.O. The number of phenols is 1. The number of rotatable bonds is 7. The number of nitrogens with two attached hydrogens (primary N) is 1. The maximum absolute atomic E-state index is 12.7. The molecule has 33 heavy (non-hydrogen) atoms. The van der Waals surface area contributed by atoms with Gasteiger partial charge in [0.05, 0.1) is 6.20 Å². The van der Waals surface area contributed by atoms with Crippen molar-refractivity contribution < 1.29 is 35.5 Å². The minimum atomic E-state index is -1.19. The van der Waals surface area contributed by atoms with E-state index < -0.39 is 35.2 Å². The molecule has 3 heterocycles. The van der Waals surface area contributed by atoms with Crippen molar-refractivity contribution in [2.45, 2.75) is 22.5 Å². The van der Waals surface area contributed by atoms with Gasteiger partial charge in [-0.3, -0.25) is 14.5 Å². The van der Waals surface area contributed by atoms with E-state index in [1.165, 1.54) is 58.9 Å². The number of carboxylic acid groups (broad SMARTS) is 1. The van der Waals surface area contributed by atoms with Crippen LogP contribution in [0.25, 0.3) is 0 Å². The molecule has 10 N–H and O–H groups in total. The molecule has 0 radical (unpaired) electrons. The van der Waals surface area contributed by atoms with Crippen LogP contribution in [0.15, 0.2) is 46.8 Å². The lowest BCUT2D eigenvalue weighted by molar-refractivity contribution is -0.150. The van der Waals surface area contributed by atoms with Crippen molar-refractivity contribution in [3.63, 3.8) is 0 Å². The van der Waals surface area contributed by atoms with E-state index in [4.69, 9.17) is 5.73 Å². The van der Waals surface area contributed by atoms with Crippen LogP contribution in [-0.2, 0) is 14.4 Å². The Hall–Kier alpha value is -3.11. The van der Waals surface area contributed by atoms with Gasteiger partial charge in [0.2, 0.25) is 5.91 Å². The Kier molecular flexibility index (Phi) is 8.45. The maximum atomic E-state index is 12.7. The fourth-order valence-corrected chi connectivity index (χ4v) is 5.56. The minimum Gasteiger partial charge on any atom is -0.508 e. The van der Waals surface area contributed by atoms with E-state index in [2.05, 4.69) is 20.7 Å². The summed E-state index contributed by atoms with van der Waals surface area (Å²) in [7, 11) is 0. The van der Waals surface area contributed by atoms with Crippen LogP contribution in [0.3, 0.4) is 0 Å². The lowest BCUT2D eigenvalue weighted by Crippen LogP contribution is -2.71. The van der Waals surface area contributed by atoms with Gasteiger partial charge in [-0.15, -0.1) is 16.9 Å². The zero-order valence-electron chi connectivity index (χ0n) is 16.9. The number of carbonyl (C=O) groups is 3. The fourth-order valence-electron chi connectivity index (χ4n) is 3.29. The first-order valence-electron chi connectivity index (χ1n) is 9.10. The van der Waals surface area contributed by atoms with Crippen LogP contribution in [-0.4, -0.2) is 82.2 Å². The van der Waals surface area contributed by atoms with Gasteiger partial charge in [0.25, 0.3) is 5.91 Å². The summed E-state index contributed by atoms with van der Waals surface area (Å²) >= 11 is 2.70. The molecule has 4 rings (SSSR count). The molecular formula is C18H22N6O7S2. The number of nitrogens with zero attached hydrogens (tertiary/aromatic N) is 3. The monoisotopic (exact) mass is 498 g/mol. The third kappa shape index (κ3) is 5.12. The van der Waals surface area contributed by atoms with Crippen molar-refractivity contribution in [2.24, 2.45) is 5.73 Å².